The van der Waals surface area contributed by atoms with Gasteiger partial charge in [0.05, 0.1) is 13.2 Å². The van der Waals surface area contributed by atoms with E-state index in [1.807, 2.05) is 0 Å². The largest absolute Gasteiger partial charge is 0.370 e. The number of hydrogen-bond donors (Lipinski definition) is 1. The lowest BCUT2D eigenvalue weighted by Crippen LogP contribution is -2.37. The molecule has 0 spiro atoms. The van der Waals surface area contributed by atoms with Crippen LogP contribution in [0.5, 0.6) is 0 Å². The normalized spacial score (nSPS) is 46.8. The van der Waals surface area contributed by atoms with Gasteiger partial charge in [0.25, 0.3) is 0 Å². The second-order valence-corrected chi connectivity index (χ2v) is 4.89. The van der Waals surface area contributed by atoms with Crippen LogP contribution in [-0.4, -0.2) is 51.7 Å². The molecule has 3 heterocycles. The highest BCUT2D eigenvalue weighted by molar-refractivity contribution is 7.75. The van der Waals surface area contributed by atoms with E-state index in [0.717, 1.165) is 25.9 Å². The lowest BCUT2D eigenvalue weighted by atomic mass is 10.1. The standard InChI is InChI=1S/C11H18O5S/c17-16-8-6-14-10-7(5-13-11(8)10)15-9-3-1-2-4-12-9/h7-11,17H,1-6H2/t7-,8+,9?,10+,11+/m0/s1/i/hT. The summed E-state index contributed by atoms with van der Waals surface area (Å²) in [6, 6.07) is 0. The van der Waals surface area contributed by atoms with Crippen LogP contribution in [0.15, 0.2) is 0 Å². The molecule has 98 valence electrons. The van der Waals surface area contributed by atoms with Gasteiger partial charge in [0.1, 0.15) is 25.5 Å². The molecule has 3 saturated heterocycles. The Bertz CT molecular complexity index is 276. The fourth-order valence-electron chi connectivity index (χ4n) is 2.64. The second-order valence-electron chi connectivity index (χ2n) is 4.70. The third-order valence-corrected chi connectivity index (χ3v) is 3.80. The van der Waals surface area contributed by atoms with Gasteiger partial charge in [-0.2, -0.15) is 0 Å². The Balaban J connectivity index is 1.53. The molecule has 3 aliphatic heterocycles. The van der Waals surface area contributed by atoms with Crippen LogP contribution in [0.3, 0.4) is 0 Å². The van der Waals surface area contributed by atoms with Gasteiger partial charge in [-0.05, 0) is 32.1 Å². The summed E-state index contributed by atoms with van der Waals surface area (Å²) in [5.41, 5.74) is 0. The lowest BCUT2D eigenvalue weighted by molar-refractivity contribution is -0.202. The zero-order valence-electron chi connectivity index (χ0n) is 10.6. The number of thiol groups is 1. The molecule has 3 aliphatic rings. The van der Waals surface area contributed by atoms with Crippen LogP contribution in [0, 0.1) is 0 Å². The molecule has 0 N–H and O–H groups in total. The van der Waals surface area contributed by atoms with Gasteiger partial charge < -0.3 is 23.1 Å². The molecule has 1 unspecified atom stereocenters. The molecule has 3 fully saturated rings. The van der Waals surface area contributed by atoms with Crippen LogP contribution < -0.4 is 0 Å². The Morgan fingerprint density at radius 2 is 1.88 bits per heavy atom. The highest BCUT2D eigenvalue weighted by Crippen LogP contribution is 2.32. The summed E-state index contributed by atoms with van der Waals surface area (Å²) < 4.78 is 35.0. The summed E-state index contributed by atoms with van der Waals surface area (Å²) in [5.74, 6) is 0. The van der Waals surface area contributed by atoms with E-state index in [9.17, 15) is 0 Å². The zero-order valence-corrected chi connectivity index (χ0v) is 10.4. The molecule has 0 radical (unpaired) electrons. The summed E-state index contributed by atoms with van der Waals surface area (Å²) >= 11 is 0.609. The Morgan fingerprint density at radius 1 is 1.06 bits per heavy atom. The SMILES string of the molecule is [3H]SO[C@@H]1CO[C@H]2[C@@H]1OC[C@@H]2OC1CCCCO1. The molecule has 6 heteroatoms. The van der Waals surface area contributed by atoms with Crippen molar-refractivity contribution in [2.45, 2.75) is 50.0 Å². The number of hydrogen-bond acceptors (Lipinski definition) is 6. The van der Waals surface area contributed by atoms with Crippen molar-refractivity contribution in [2.75, 3.05) is 19.8 Å². The Labute approximate surface area is 107 Å². The van der Waals surface area contributed by atoms with E-state index in [0.29, 0.717) is 26.0 Å². The molecule has 0 amide bonds. The molecule has 17 heavy (non-hydrogen) atoms. The van der Waals surface area contributed by atoms with Gasteiger partial charge >= 0.3 is 0 Å². The zero-order chi connectivity index (χ0) is 12.4. The topological polar surface area (TPSA) is 46.2 Å². The molecule has 5 atom stereocenters. The van der Waals surface area contributed by atoms with Gasteiger partial charge in [-0.25, -0.2) is 0 Å². The van der Waals surface area contributed by atoms with Gasteiger partial charge in [0.15, 0.2) is 6.29 Å². The van der Waals surface area contributed by atoms with Crippen molar-refractivity contribution in [3.05, 3.63) is 0 Å². The van der Waals surface area contributed by atoms with Gasteiger partial charge in [0.2, 0.25) is 0 Å². The van der Waals surface area contributed by atoms with E-state index in [4.69, 9.17) is 24.3 Å². The van der Waals surface area contributed by atoms with Crippen molar-refractivity contribution in [3.63, 3.8) is 0 Å². The summed E-state index contributed by atoms with van der Waals surface area (Å²) in [6.07, 6.45) is 2.62. The van der Waals surface area contributed by atoms with E-state index in [-0.39, 0.29) is 30.7 Å². The minimum atomic E-state index is -0.168. The molecular formula is C11H18O5S. The summed E-state index contributed by atoms with van der Waals surface area (Å²) in [5, 5.41) is 0. The Morgan fingerprint density at radius 3 is 2.65 bits per heavy atom. The van der Waals surface area contributed by atoms with E-state index < -0.39 is 0 Å². The van der Waals surface area contributed by atoms with Crippen LogP contribution in [0.4, 0.5) is 0 Å². The highest BCUT2D eigenvalue weighted by Gasteiger charge is 2.49. The first kappa shape index (κ1) is 11.0. The maximum atomic E-state index is 7.01. The third-order valence-electron chi connectivity index (χ3n) is 3.55. The smallest absolute Gasteiger partial charge is 0.158 e. The summed E-state index contributed by atoms with van der Waals surface area (Å²) in [4.78, 5) is 0. The van der Waals surface area contributed by atoms with E-state index in [1.165, 1.54) is 0 Å². The van der Waals surface area contributed by atoms with Crippen molar-refractivity contribution in [3.8, 4) is 0 Å². The Hall–Kier alpha value is 0.150. The lowest BCUT2D eigenvalue weighted by Gasteiger charge is -2.27. The molecule has 3 rings (SSSR count). The quantitative estimate of drug-likeness (QED) is 0.604. The molecule has 0 saturated carbocycles. The maximum absolute atomic E-state index is 7.01. The van der Waals surface area contributed by atoms with Crippen LogP contribution in [-0.2, 0) is 23.1 Å². The molecule has 0 aliphatic carbocycles. The second kappa shape index (κ2) is 5.42. The first-order valence-corrected chi connectivity index (χ1v) is 6.50. The predicted octanol–water partition coefficient (Wildman–Crippen LogP) is 0.926. The fourth-order valence-corrected chi connectivity index (χ4v) is 2.81. The summed E-state index contributed by atoms with van der Waals surface area (Å²) in [7, 11) is 0. The van der Waals surface area contributed by atoms with Crippen molar-refractivity contribution in [1.29, 1.82) is 1.12 Å². The predicted molar refractivity (Wildman–Crippen MR) is 61.8 cm³/mol. The van der Waals surface area contributed by atoms with Gasteiger partial charge in [-0.15, -0.1) is 0 Å². The first-order valence-electron chi connectivity index (χ1n) is 6.58. The van der Waals surface area contributed by atoms with E-state index in [1.54, 1.807) is 0 Å². The van der Waals surface area contributed by atoms with Gasteiger partial charge in [-0.1, -0.05) is 0 Å². The monoisotopic (exact) mass is 264 g/mol. The van der Waals surface area contributed by atoms with Gasteiger partial charge in [0, 0.05) is 6.61 Å². The first-order chi connectivity index (χ1) is 8.88. The third kappa shape index (κ3) is 2.47. The maximum Gasteiger partial charge on any atom is 0.158 e. The average Bonchev–Trinajstić information content (AvgIpc) is 2.96. The number of fused-ring (bicyclic) bond motifs is 1. The van der Waals surface area contributed by atoms with Crippen molar-refractivity contribution >= 4 is 12.8 Å². The van der Waals surface area contributed by atoms with Crippen LogP contribution in [0.2, 0.25) is 0 Å². The number of rotatable bonds is 4. The molecule has 5 nitrogen and oxygen atoms in total. The van der Waals surface area contributed by atoms with Crippen molar-refractivity contribution in [1.82, 2.24) is 0 Å². The van der Waals surface area contributed by atoms with E-state index >= 15 is 0 Å². The fraction of sp³-hybridized carbons (Fsp3) is 1.00. The molecular weight excluding hydrogens is 244 g/mol. The Kier molecular flexibility index (Phi) is 3.51. The molecule has 0 bridgehead atoms. The van der Waals surface area contributed by atoms with Crippen molar-refractivity contribution < 1.29 is 23.1 Å². The minimum Gasteiger partial charge on any atom is -0.370 e. The minimum absolute atomic E-state index is 0.0811. The summed E-state index contributed by atoms with van der Waals surface area (Å²) in [6.45, 7) is 1.75. The van der Waals surface area contributed by atoms with Gasteiger partial charge in [-0.3, -0.25) is 0 Å². The highest BCUT2D eigenvalue weighted by atomic mass is 32.1. The van der Waals surface area contributed by atoms with Crippen LogP contribution >= 0.6 is 12.8 Å². The average molecular weight is 264 g/mol. The van der Waals surface area contributed by atoms with Crippen LogP contribution in [0.25, 0.3) is 0 Å². The van der Waals surface area contributed by atoms with Crippen molar-refractivity contribution in [2.24, 2.45) is 0 Å². The molecule has 0 aromatic carbocycles. The molecule has 0 aromatic heterocycles. The molecule has 0 aromatic rings. The van der Waals surface area contributed by atoms with E-state index in [2.05, 4.69) is 0 Å². The number of ether oxygens (including phenoxy) is 4. The van der Waals surface area contributed by atoms with Crippen LogP contribution in [0.1, 0.15) is 19.3 Å².